The molecule has 0 atom stereocenters. The van der Waals surface area contributed by atoms with Crippen molar-refractivity contribution in [3.63, 3.8) is 0 Å². The summed E-state index contributed by atoms with van der Waals surface area (Å²) in [4.78, 5) is 13.3. The summed E-state index contributed by atoms with van der Waals surface area (Å²) in [6.07, 6.45) is 0. The first-order valence-electron chi connectivity index (χ1n) is 6.16. The molecule has 2 nitrogen and oxygen atoms in total. The van der Waals surface area contributed by atoms with Crippen molar-refractivity contribution < 1.29 is 9.53 Å². The molecule has 0 saturated heterocycles. The van der Waals surface area contributed by atoms with E-state index in [0.29, 0.717) is 26.2 Å². The van der Waals surface area contributed by atoms with E-state index < -0.39 is 0 Å². The first-order valence-corrected chi connectivity index (χ1v) is 7.73. The van der Waals surface area contributed by atoms with Crippen molar-refractivity contribution in [1.82, 2.24) is 0 Å². The fourth-order valence-electron chi connectivity index (χ4n) is 2.09. The fraction of sp³-hybridized carbons (Fsp3) is 0.0625. The van der Waals surface area contributed by atoms with Crippen LogP contribution in [0, 0.1) is 0 Å². The molecule has 0 aliphatic carbocycles. The fourth-order valence-corrected chi connectivity index (χ4v) is 3.58. The van der Waals surface area contributed by atoms with Crippen molar-refractivity contribution in [3.05, 3.63) is 63.0 Å². The molecule has 0 bridgehead atoms. The average molecular weight is 337 g/mol. The second-order valence-electron chi connectivity index (χ2n) is 4.44. The third-order valence-corrected chi connectivity index (χ3v) is 4.86. The summed E-state index contributed by atoms with van der Waals surface area (Å²) in [6.45, 7) is 0. The number of ketones is 1. The number of fused-ring (bicyclic) bond motifs is 1. The largest absolute Gasteiger partial charge is 0.495 e. The van der Waals surface area contributed by atoms with Gasteiger partial charge in [0.15, 0.2) is 0 Å². The van der Waals surface area contributed by atoms with Crippen LogP contribution < -0.4 is 4.74 Å². The summed E-state index contributed by atoms with van der Waals surface area (Å²) in [7, 11) is 1.50. The molecule has 21 heavy (non-hydrogen) atoms. The monoisotopic (exact) mass is 336 g/mol. The topological polar surface area (TPSA) is 26.3 Å². The highest BCUT2D eigenvalue weighted by atomic mass is 35.5. The van der Waals surface area contributed by atoms with Gasteiger partial charge in [-0.25, -0.2) is 0 Å². The quantitative estimate of drug-likeness (QED) is 0.594. The van der Waals surface area contributed by atoms with Crippen molar-refractivity contribution in [1.29, 1.82) is 0 Å². The number of hydrogen-bond donors (Lipinski definition) is 0. The Morgan fingerprint density at radius 3 is 2.57 bits per heavy atom. The summed E-state index contributed by atoms with van der Waals surface area (Å²) in [5, 5.41) is 1.74. The first-order chi connectivity index (χ1) is 10.1. The average Bonchev–Trinajstić information content (AvgIpc) is 2.92. The summed E-state index contributed by atoms with van der Waals surface area (Å²) in [5.41, 5.74) is 0.383. The molecule has 2 aromatic carbocycles. The van der Waals surface area contributed by atoms with Gasteiger partial charge in [-0.3, -0.25) is 4.79 Å². The van der Waals surface area contributed by atoms with Crippen LogP contribution in [0.25, 0.3) is 10.1 Å². The predicted molar refractivity (Wildman–Crippen MR) is 88.3 cm³/mol. The highest BCUT2D eigenvalue weighted by molar-refractivity contribution is 7.21. The van der Waals surface area contributed by atoms with Gasteiger partial charge in [0.05, 0.1) is 22.0 Å². The molecule has 1 aromatic heterocycles. The molecule has 0 N–H and O–H groups in total. The van der Waals surface area contributed by atoms with Crippen LogP contribution in [0.1, 0.15) is 15.2 Å². The number of benzene rings is 2. The van der Waals surface area contributed by atoms with Crippen LogP contribution in [-0.2, 0) is 0 Å². The van der Waals surface area contributed by atoms with Crippen molar-refractivity contribution in [2.24, 2.45) is 0 Å². The van der Waals surface area contributed by atoms with Gasteiger partial charge in [-0.2, -0.15) is 0 Å². The van der Waals surface area contributed by atoms with Gasteiger partial charge in [-0.05, 0) is 23.6 Å². The first kappa shape index (κ1) is 14.4. The number of rotatable bonds is 3. The van der Waals surface area contributed by atoms with Crippen LogP contribution in [0.2, 0.25) is 10.0 Å². The van der Waals surface area contributed by atoms with E-state index in [-0.39, 0.29) is 5.78 Å². The van der Waals surface area contributed by atoms with Gasteiger partial charge in [-0.15, -0.1) is 11.3 Å². The third kappa shape index (κ3) is 2.64. The molecule has 106 valence electrons. The molecule has 0 fully saturated rings. The summed E-state index contributed by atoms with van der Waals surface area (Å²) >= 11 is 13.7. The van der Waals surface area contributed by atoms with Crippen LogP contribution >= 0.6 is 34.5 Å². The van der Waals surface area contributed by atoms with Gasteiger partial charge in [0, 0.05) is 16.3 Å². The maximum Gasteiger partial charge on any atom is 0.204 e. The molecule has 1 heterocycles. The lowest BCUT2D eigenvalue weighted by molar-refractivity contribution is 0.104. The molecule has 0 unspecified atom stereocenters. The number of methoxy groups -OCH3 is 1. The van der Waals surface area contributed by atoms with Gasteiger partial charge in [0.25, 0.3) is 0 Å². The van der Waals surface area contributed by atoms with Gasteiger partial charge in [0.1, 0.15) is 5.75 Å². The van der Waals surface area contributed by atoms with Crippen molar-refractivity contribution in [2.45, 2.75) is 0 Å². The van der Waals surface area contributed by atoms with E-state index in [1.165, 1.54) is 18.4 Å². The molecule has 5 heteroatoms. The third-order valence-electron chi connectivity index (χ3n) is 3.14. The number of halogens is 2. The van der Waals surface area contributed by atoms with Gasteiger partial charge < -0.3 is 4.74 Å². The molecule has 0 aliphatic rings. The summed E-state index contributed by atoms with van der Waals surface area (Å²) in [5.74, 6) is 0.320. The van der Waals surface area contributed by atoms with Crippen LogP contribution in [0.3, 0.4) is 0 Å². The number of ether oxygens (including phenoxy) is 1. The lowest BCUT2D eigenvalue weighted by atomic mass is 10.1. The summed E-state index contributed by atoms with van der Waals surface area (Å²) < 4.78 is 6.16. The van der Waals surface area contributed by atoms with Crippen LogP contribution in [0.4, 0.5) is 0 Å². The van der Waals surface area contributed by atoms with E-state index in [4.69, 9.17) is 27.9 Å². The highest BCUT2D eigenvalue weighted by Gasteiger charge is 2.18. The lowest BCUT2D eigenvalue weighted by Gasteiger charge is -2.07. The lowest BCUT2D eigenvalue weighted by Crippen LogP contribution is -2.00. The van der Waals surface area contributed by atoms with E-state index in [1.807, 2.05) is 30.3 Å². The number of hydrogen-bond acceptors (Lipinski definition) is 3. The van der Waals surface area contributed by atoms with E-state index in [1.54, 1.807) is 12.1 Å². The Morgan fingerprint density at radius 2 is 1.86 bits per heavy atom. The van der Waals surface area contributed by atoms with E-state index >= 15 is 0 Å². The zero-order valence-corrected chi connectivity index (χ0v) is 13.4. The number of carbonyl (C=O) groups excluding carboxylic acids is 1. The molecule has 0 aliphatic heterocycles. The van der Waals surface area contributed by atoms with Crippen molar-refractivity contribution in [3.8, 4) is 5.75 Å². The van der Waals surface area contributed by atoms with Crippen LogP contribution in [-0.4, -0.2) is 12.9 Å². The Labute approximate surface area is 135 Å². The normalized spacial score (nSPS) is 10.8. The summed E-state index contributed by atoms with van der Waals surface area (Å²) in [6, 6.07) is 12.8. The highest BCUT2D eigenvalue weighted by Crippen LogP contribution is 2.34. The number of thiophene rings is 1. The molecule has 3 rings (SSSR count). The van der Waals surface area contributed by atoms with Crippen molar-refractivity contribution >= 4 is 50.4 Å². The Morgan fingerprint density at radius 1 is 1.10 bits per heavy atom. The molecule has 0 spiro atoms. The minimum atomic E-state index is -0.134. The second kappa shape index (κ2) is 5.68. The maximum absolute atomic E-state index is 12.6. The SMILES string of the molecule is COc1cc(Cl)c(C(=O)c2cc3ccccc3s2)cc1Cl. The Kier molecular flexibility index (Phi) is 3.89. The maximum atomic E-state index is 12.6. The molecule has 0 saturated carbocycles. The minimum absolute atomic E-state index is 0.134. The smallest absolute Gasteiger partial charge is 0.204 e. The standard InChI is InChI=1S/C16H10Cl2O2S/c1-20-13-8-11(17)10(7-12(13)18)16(19)15-6-9-4-2-3-5-14(9)21-15/h2-8H,1H3. The Hall–Kier alpha value is -1.55. The van der Waals surface area contributed by atoms with Gasteiger partial charge >= 0.3 is 0 Å². The second-order valence-corrected chi connectivity index (χ2v) is 6.34. The molecular weight excluding hydrogens is 327 g/mol. The van der Waals surface area contributed by atoms with E-state index in [2.05, 4.69) is 0 Å². The molecular formula is C16H10Cl2O2S. The zero-order chi connectivity index (χ0) is 15.0. The molecule has 0 radical (unpaired) electrons. The number of carbonyl (C=O) groups is 1. The van der Waals surface area contributed by atoms with E-state index in [0.717, 1.165) is 10.1 Å². The minimum Gasteiger partial charge on any atom is -0.495 e. The zero-order valence-electron chi connectivity index (χ0n) is 11.0. The van der Waals surface area contributed by atoms with Crippen molar-refractivity contribution in [2.75, 3.05) is 7.11 Å². The van der Waals surface area contributed by atoms with Gasteiger partial charge in [0.2, 0.25) is 5.78 Å². The Bertz CT molecular complexity index is 806. The van der Waals surface area contributed by atoms with Crippen LogP contribution in [0.5, 0.6) is 5.75 Å². The predicted octanol–water partition coefficient (Wildman–Crippen LogP) is 5.45. The van der Waals surface area contributed by atoms with Gasteiger partial charge in [-0.1, -0.05) is 41.4 Å². The van der Waals surface area contributed by atoms with Crippen LogP contribution in [0.15, 0.2) is 42.5 Å². The Balaban J connectivity index is 2.07. The molecule has 3 aromatic rings. The molecule has 0 amide bonds. The van der Waals surface area contributed by atoms with E-state index in [9.17, 15) is 4.79 Å².